The Hall–Kier alpha value is -10.1. The molecule has 8 bridgehead atoms. The van der Waals surface area contributed by atoms with Crippen LogP contribution in [0.2, 0.25) is 0 Å². The lowest BCUT2D eigenvalue weighted by molar-refractivity contribution is -0.349. The third-order valence-electron chi connectivity index (χ3n) is 20.3. The number of aliphatic hydroxyl groups excluding tert-OH is 12. The van der Waals surface area contributed by atoms with Crippen LogP contribution in [0.5, 0.6) is 0 Å². The maximum atomic E-state index is 12.6. The standard InChI is InChI=1S/C78H82N12O22/c1-37(95)79-63-67(99)73(111-77-71(103)69(101)65(97)55(31-91)107-77)57(33-93)109-75(63)105-35-43-29-89(87-85-43)45-17-13-41(14-18-45)61-51-25-23-49(82-51)59(39-9-5-3-6-10-39)47-21-22-48(81-47)60(40-11-7-4-8-12-40)50-24-26-52(83-50)62(54-28-27-53(61)84-54)42-15-19-46(20-16-42)90-30-44(86-88-90)36-106-76-64(80-38(2)96)68(100)74(58(34-94)110-76)112-78-72(104)70(102)66(98)56(32-92)108-78/h3-30,55-58,63-78,82-83,91-94,97-104H,31-36H2,1-2H3,(H,79,95)(H,80,96)/t55-,56-,57-,58-,63-,64-,65+,66+,67-,68-,69+,70+,71-,72-,73-,74-,75-,76-,77+,78+/m1/s1. The SMILES string of the molecule is CC(=O)N[C@H]1[C@H](OCc2cn(-c3ccc(-c4c5nc(c(-c6ccc(-n7cc(CO[C@@H]8O[C@H](CO)[C@@H](O[C@@H]9O[C@H](CO)[C@H](O)[C@H](O)[C@H]9O)[C@H](O)[C@H]8NC(C)=O)nn7)cc6)c6ccc([nH]6)c(-c6ccccc6)c6nc(c(-c7ccccc7)c7ccc4[nH]7)C=C6)C=C5)cc3)nn2)O[C@H](CO)[C@@H](O[C@@H]2O[C@H](CO)[C@H](O)[C@H](O)[C@H]2O)[C@@H]1O. The Balaban J connectivity index is 0.739. The van der Waals surface area contributed by atoms with Gasteiger partial charge in [0.25, 0.3) is 0 Å². The van der Waals surface area contributed by atoms with Crippen molar-refractivity contribution in [1.29, 1.82) is 0 Å². The summed E-state index contributed by atoms with van der Waals surface area (Å²) in [5.74, 6) is -1.17. The van der Waals surface area contributed by atoms with Gasteiger partial charge >= 0.3 is 0 Å². The van der Waals surface area contributed by atoms with Crippen LogP contribution < -0.4 is 10.6 Å². The summed E-state index contributed by atoms with van der Waals surface area (Å²) in [4.78, 5) is 43.6. The molecule has 11 heterocycles. The Kier molecular flexibility index (Phi) is 23.0. The van der Waals surface area contributed by atoms with Crippen LogP contribution in [0.4, 0.5) is 0 Å². The Morgan fingerprint density at radius 2 is 0.723 bits per heavy atom. The molecule has 586 valence electrons. The molecule has 4 fully saturated rings. The van der Waals surface area contributed by atoms with Gasteiger partial charge < -0.3 is 120 Å². The molecule has 2 amide bonds. The topological polar surface area (TPSA) is 494 Å². The molecule has 4 saturated heterocycles. The fourth-order valence-corrected chi connectivity index (χ4v) is 14.7. The molecule has 5 aromatic heterocycles. The molecular weight excluding hydrogens is 1460 g/mol. The van der Waals surface area contributed by atoms with Gasteiger partial charge in [0.1, 0.15) is 109 Å². The van der Waals surface area contributed by atoms with Crippen LogP contribution in [0.25, 0.3) is 102 Å². The van der Waals surface area contributed by atoms with E-state index in [1.54, 1.807) is 12.4 Å². The van der Waals surface area contributed by atoms with Gasteiger partial charge in [0.05, 0.1) is 86.2 Å². The van der Waals surface area contributed by atoms with Crippen LogP contribution in [0.1, 0.15) is 48.0 Å². The predicted molar refractivity (Wildman–Crippen MR) is 396 cm³/mol. The van der Waals surface area contributed by atoms with Crippen LogP contribution in [-0.4, -0.2) is 272 Å². The van der Waals surface area contributed by atoms with Gasteiger partial charge in [0.2, 0.25) is 11.8 Å². The van der Waals surface area contributed by atoms with Gasteiger partial charge in [-0.25, -0.2) is 19.3 Å². The van der Waals surface area contributed by atoms with E-state index in [2.05, 4.69) is 41.2 Å². The number of ether oxygens (including phenoxy) is 8. The van der Waals surface area contributed by atoms with Crippen molar-refractivity contribution in [2.75, 3.05) is 26.4 Å². The first-order valence-corrected chi connectivity index (χ1v) is 36.2. The molecule has 0 unspecified atom stereocenters. The fraction of sp³-hybridized carbons (Fsp3) is 0.359. The largest absolute Gasteiger partial charge is 0.394 e. The van der Waals surface area contributed by atoms with E-state index < -0.39 is 161 Å². The Bertz CT molecular complexity index is 4760. The number of fused-ring (bicyclic) bond motifs is 8. The van der Waals surface area contributed by atoms with Crippen LogP contribution in [-0.2, 0) is 60.7 Å². The van der Waals surface area contributed by atoms with E-state index in [-0.39, 0.29) is 13.2 Å². The third-order valence-corrected chi connectivity index (χ3v) is 20.3. The molecule has 16 N–H and O–H groups in total. The highest BCUT2D eigenvalue weighted by Crippen LogP contribution is 2.41. The summed E-state index contributed by atoms with van der Waals surface area (Å²) in [6.07, 6.45) is -17.4. The Morgan fingerprint density at radius 1 is 0.402 bits per heavy atom. The normalized spacial score (nSPS) is 28.5. The van der Waals surface area contributed by atoms with E-state index in [1.807, 2.05) is 158 Å². The minimum absolute atomic E-state index is 0.268. The first-order valence-electron chi connectivity index (χ1n) is 36.2. The molecule has 0 radical (unpaired) electrons. The summed E-state index contributed by atoms with van der Waals surface area (Å²) in [5.41, 5.74) is 14.1. The molecule has 6 aliphatic rings. The first-order chi connectivity index (χ1) is 54.3. The van der Waals surface area contributed by atoms with E-state index in [4.69, 9.17) is 47.9 Å². The molecule has 112 heavy (non-hydrogen) atoms. The lowest BCUT2D eigenvalue weighted by atomic mass is 9.95. The number of hydrogen-bond acceptors (Lipinski definition) is 28. The second-order valence-corrected chi connectivity index (χ2v) is 27.7. The number of hydrogen-bond donors (Lipinski definition) is 16. The molecule has 15 rings (SSSR count). The van der Waals surface area contributed by atoms with Crippen LogP contribution in [0.15, 0.2) is 146 Å². The van der Waals surface area contributed by atoms with Crippen LogP contribution in [0.3, 0.4) is 0 Å². The van der Waals surface area contributed by atoms with E-state index in [0.29, 0.717) is 34.2 Å². The zero-order valence-electron chi connectivity index (χ0n) is 60.0. The maximum absolute atomic E-state index is 12.6. The highest BCUT2D eigenvalue weighted by Gasteiger charge is 2.54. The zero-order valence-corrected chi connectivity index (χ0v) is 60.0. The molecule has 6 aliphatic heterocycles. The average Bonchev–Trinajstić information content (AvgIpc) is 1.65. The molecule has 0 aliphatic carbocycles. The molecule has 0 spiro atoms. The van der Waals surface area contributed by atoms with Gasteiger partial charge in [-0.1, -0.05) is 95.4 Å². The lowest BCUT2D eigenvalue weighted by Crippen LogP contribution is -2.67. The van der Waals surface area contributed by atoms with Crippen LogP contribution in [0, 0.1) is 0 Å². The summed E-state index contributed by atoms with van der Waals surface area (Å²) in [5, 5.41) is 150. The lowest BCUT2D eigenvalue weighted by Gasteiger charge is -2.47. The summed E-state index contributed by atoms with van der Waals surface area (Å²) >= 11 is 0. The molecule has 9 aromatic rings. The van der Waals surface area contributed by atoms with Crippen molar-refractivity contribution in [1.82, 2.24) is 60.6 Å². The molecular formula is C78H82N12O22. The zero-order chi connectivity index (χ0) is 78.2. The van der Waals surface area contributed by atoms with Gasteiger partial charge in [-0.15, -0.1) is 10.2 Å². The van der Waals surface area contributed by atoms with Gasteiger partial charge in [0, 0.05) is 58.2 Å². The van der Waals surface area contributed by atoms with Gasteiger partial charge in [-0.2, -0.15) is 0 Å². The maximum Gasteiger partial charge on any atom is 0.217 e. The molecule has 4 aromatic carbocycles. The monoisotopic (exact) mass is 1540 g/mol. The highest BCUT2D eigenvalue weighted by atomic mass is 16.7. The van der Waals surface area contributed by atoms with E-state index in [9.17, 15) is 70.9 Å². The summed E-state index contributed by atoms with van der Waals surface area (Å²) in [6.45, 7) is -1.12. The number of aliphatic hydroxyl groups is 12. The number of rotatable bonds is 22. The summed E-state index contributed by atoms with van der Waals surface area (Å²) < 4.78 is 50.1. The Labute approximate surface area is 637 Å². The fourth-order valence-electron chi connectivity index (χ4n) is 14.7. The number of nitrogens with one attached hydrogen (secondary N) is 4. The molecule has 20 atom stereocenters. The van der Waals surface area contributed by atoms with E-state index >= 15 is 0 Å². The number of amides is 2. The quantitative estimate of drug-likeness (QED) is 0.0451. The number of carbonyl (C=O) groups excluding carboxylic acids is 2. The van der Waals surface area contributed by atoms with Crippen molar-refractivity contribution < 1.29 is 109 Å². The van der Waals surface area contributed by atoms with E-state index in [0.717, 1.165) is 78.0 Å². The number of aromatic amines is 2. The second-order valence-electron chi connectivity index (χ2n) is 27.7. The third kappa shape index (κ3) is 15.6. The smallest absolute Gasteiger partial charge is 0.217 e. The first kappa shape index (κ1) is 77.2. The number of aromatic nitrogens is 10. The minimum atomic E-state index is -1.84. The Morgan fingerprint density at radius 3 is 1.04 bits per heavy atom. The van der Waals surface area contributed by atoms with Crippen LogP contribution >= 0.6 is 0 Å². The highest BCUT2D eigenvalue weighted by molar-refractivity contribution is 6.00. The van der Waals surface area contributed by atoms with Gasteiger partial charge in [-0.05, 0) is 95.1 Å². The van der Waals surface area contributed by atoms with Crippen molar-refractivity contribution in [3.8, 4) is 55.9 Å². The molecule has 0 saturated carbocycles. The summed E-state index contributed by atoms with van der Waals surface area (Å²) in [7, 11) is 0. The molecule has 34 nitrogen and oxygen atoms in total. The van der Waals surface area contributed by atoms with Crippen molar-refractivity contribution in [3.63, 3.8) is 0 Å². The average molecular weight is 1540 g/mol. The summed E-state index contributed by atoms with van der Waals surface area (Å²) in [6, 6.07) is 40.7. The van der Waals surface area contributed by atoms with Crippen molar-refractivity contribution in [2.45, 2.75) is 150 Å². The second kappa shape index (κ2) is 33.3. The van der Waals surface area contributed by atoms with Gasteiger partial charge in [0.15, 0.2) is 25.2 Å². The van der Waals surface area contributed by atoms with Crippen molar-refractivity contribution in [3.05, 3.63) is 180 Å². The predicted octanol–water partition coefficient (Wildman–Crippen LogP) is 1.05. The molecule has 34 heteroatoms. The number of carbonyl (C=O) groups is 2. The number of H-pyrrole nitrogens is 2. The van der Waals surface area contributed by atoms with Crippen molar-refractivity contribution in [2.24, 2.45) is 0 Å². The van der Waals surface area contributed by atoms with Crippen molar-refractivity contribution >= 4 is 58.2 Å². The van der Waals surface area contributed by atoms with Gasteiger partial charge in [-0.3, -0.25) is 9.59 Å². The number of benzene rings is 4. The minimum Gasteiger partial charge on any atom is -0.394 e. The number of nitrogens with zero attached hydrogens (tertiary/aromatic N) is 8. The van der Waals surface area contributed by atoms with E-state index in [1.165, 1.54) is 23.2 Å².